The first-order valence-corrected chi connectivity index (χ1v) is 53.1. The molecular formula is C109H218O8. The van der Waals surface area contributed by atoms with E-state index in [1.54, 1.807) is 0 Å². The number of carbonyl (C=O) groups excluding carboxylic acids is 4. The van der Waals surface area contributed by atoms with Crippen molar-refractivity contribution in [3.05, 3.63) is 0 Å². The van der Waals surface area contributed by atoms with Crippen LogP contribution in [0.3, 0.4) is 0 Å². The summed E-state index contributed by atoms with van der Waals surface area (Å²) >= 11 is 0. The zero-order valence-corrected chi connectivity index (χ0v) is 83.8. The second kappa shape index (κ2) is 94.6. The highest BCUT2D eigenvalue weighted by atomic mass is 16.6. The van der Waals surface area contributed by atoms with E-state index in [0.717, 1.165) is 100 Å². The normalized spacial score (nSPS) is 13.1. The van der Waals surface area contributed by atoms with Crippen LogP contribution >= 0.6 is 0 Å². The van der Waals surface area contributed by atoms with Crippen molar-refractivity contribution in [1.29, 1.82) is 0 Å². The lowest BCUT2D eigenvalue weighted by Crippen LogP contribution is -2.31. The standard InChI is InChI=1S/C31H62O2.3C26H52O2/c1-6-7-8-9-10-11-12-13-14-15-16-17-18-25-31(32)33-27-26-30(5)24-20-23-29(4)22-19-21-28(2)3;1-6-8-9-10-11-12-13-14-15-16-17-18-19-22-25(27)28-26(4,5)23-20-21-24(3)7-2;1-6-8-9-10-11-12-13-14-15-16-17-18-19-22-25(27)28-26(5,7-2)23-20-21-24(3)4;1-5-6-7-8-9-10-11-12-13-14-15-16-17-21-26(27)28-23-22-25(4)20-18-19-24(2)3/h28-30H,6-27H2,1-5H3;2*24H,6-23H2,1-5H3;24-25H,5-23H2,1-4H3. The molecule has 0 radical (unpaired) electrons. The third kappa shape index (κ3) is 104. The highest BCUT2D eigenvalue weighted by molar-refractivity contribution is 5.70. The summed E-state index contributed by atoms with van der Waals surface area (Å²) in [4.78, 5) is 48.0. The van der Waals surface area contributed by atoms with Gasteiger partial charge in [-0.2, -0.15) is 0 Å². The fourth-order valence-corrected chi connectivity index (χ4v) is 16.0. The Labute approximate surface area is 736 Å². The first-order chi connectivity index (χ1) is 56.4. The second-order valence-corrected chi connectivity index (χ2v) is 40.1. The lowest BCUT2D eigenvalue weighted by atomic mass is 9.93. The minimum atomic E-state index is -0.304. The van der Waals surface area contributed by atoms with Crippen LogP contribution < -0.4 is 0 Å². The van der Waals surface area contributed by atoms with Crippen LogP contribution in [0.15, 0.2) is 0 Å². The molecule has 0 heterocycles. The Morgan fingerprint density at radius 3 is 0.692 bits per heavy atom. The third-order valence-corrected chi connectivity index (χ3v) is 25.2. The Kier molecular flexibility index (Phi) is 97.9. The zero-order chi connectivity index (χ0) is 87.6. The Morgan fingerprint density at radius 2 is 0.436 bits per heavy atom. The van der Waals surface area contributed by atoms with Crippen LogP contribution in [-0.2, 0) is 38.1 Å². The van der Waals surface area contributed by atoms with Crippen molar-refractivity contribution < 1.29 is 38.1 Å². The fourth-order valence-electron chi connectivity index (χ4n) is 16.0. The first-order valence-electron chi connectivity index (χ1n) is 53.1. The van der Waals surface area contributed by atoms with Gasteiger partial charge in [0.05, 0.1) is 13.2 Å². The van der Waals surface area contributed by atoms with Crippen molar-refractivity contribution in [1.82, 2.24) is 0 Å². The van der Waals surface area contributed by atoms with Gasteiger partial charge < -0.3 is 18.9 Å². The van der Waals surface area contributed by atoms with Gasteiger partial charge in [0.2, 0.25) is 0 Å². The van der Waals surface area contributed by atoms with Crippen LogP contribution in [-0.4, -0.2) is 48.3 Å². The van der Waals surface area contributed by atoms with Crippen molar-refractivity contribution in [3.8, 4) is 0 Å². The number of rotatable bonds is 86. The molecule has 0 spiro atoms. The van der Waals surface area contributed by atoms with E-state index in [9.17, 15) is 19.2 Å². The van der Waals surface area contributed by atoms with Crippen LogP contribution in [0.1, 0.15) is 613 Å². The summed E-state index contributed by atoms with van der Waals surface area (Å²) in [6.07, 6.45) is 94.8. The molecule has 0 saturated carbocycles. The van der Waals surface area contributed by atoms with Crippen molar-refractivity contribution in [2.75, 3.05) is 13.2 Å². The Balaban J connectivity index is -0.000000729. The van der Waals surface area contributed by atoms with Gasteiger partial charge in [-0.3, -0.25) is 19.2 Å². The van der Waals surface area contributed by atoms with Gasteiger partial charge in [0.25, 0.3) is 0 Å². The molecule has 8 nitrogen and oxygen atoms in total. The summed E-state index contributed by atoms with van der Waals surface area (Å²) in [6, 6.07) is 0. The maximum Gasteiger partial charge on any atom is 0.306 e. The van der Waals surface area contributed by atoms with Crippen LogP contribution in [0.25, 0.3) is 0 Å². The Morgan fingerprint density at radius 1 is 0.222 bits per heavy atom. The minimum absolute atomic E-state index is 0.00314. The molecule has 0 amide bonds. The van der Waals surface area contributed by atoms with Gasteiger partial charge in [-0.1, -0.05) is 496 Å². The lowest BCUT2D eigenvalue weighted by Gasteiger charge is -2.29. The molecule has 5 unspecified atom stereocenters. The van der Waals surface area contributed by atoms with Gasteiger partial charge in [-0.25, -0.2) is 0 Å². The number of hydrogen-bond acceptors (Lipinski definition) is 8. The molecule has 0 N–H and O–H groups in total. The van der Waals surface area contributed by atoms with Gasteiger partial charge in [-0.15, -0.1) is 0 Å². The lowest BCUT2D eigenvalue weighted by molar-refractivity contribution is -0.160. The van der Waals surface area contributed by atoms with Crippen molar-refractivity contribution in [2.24, 2.45) is 41.4 Å². The van der Waals surface area contributed by atoms with E-state index >= 15 is 0 Å². The first kappa shape index (κ1) is 121. The number of carbonyl (C=O) groups is 4. The topological polar surface area (TPSA) is 105 Å². The Hall–Kier alpha value is -2.12. The molecular weight excluding hydrogens is 1440 g/mol. The van der Waals surface area contributed by atoms with E-state index in [1.807, 2.05) is 0 Å². The number of ether oxygens (including phenoxy) is 4. The molecule has 0 fully saturated rings. The molecule has 0 saturated heterocycles. The van der Waals surface area contributed by atoms with Crippen molar-refractivity contribution >= 4 is 23.9 Å². The van der Waals surface area contributed by atoms with Crippen LogP contribution in [0, 0.1) is 41.4 Å². The van der Waals surface area contributed by atoms with Gasteiger partial charge in [-0.05, 0) is 133 Å². The molecule has 0 aliphatic carbocycles. The predicted octanol–water partition coefficient (Wildman–Crippen LogP) is 37.5. The van der Waals surface area contributed by atoms with Crippen LogP contribution in [0.2, 0.25) is 0 Å². The number of esters is 4. The highest BCUT2D eigenvalue weighted by Crippen LogP contribution is 2.28. The highest BCUT2D eigenvalue weighted by Gasteiger charge is 2.27. The van der Waals surface area contributed by atoms with Crippen LogP contribution in [0.5, 0.6) is 0 Å². The predicted molar refractivity (Wildman–Crippen MR) is 518 cm³/mol. The van der Waals surface area contributed by atoms with Crippen molar-refractivity contribution in [2.45, 2.75) is 624 Å². The van der Waals surface area contributed by atoms with Gasteiger partial charge in [0.1, 0.15) is 11.2 Å². The van der Waals surface area contributed by atoms with E-state index in [2.05, 4.69) is 132 Å². The quantitative estimate of drug-likeness (QED) is 0.0337. The summed E-state index contributed by atoms with van der Waals surface area (Å²) in [5.41, 5.74) is -0.566. The fraction of sp³-hybridized carbons (Fsp3) is 0.963. The van der Waals surface area contributed by atoms with Crippen LogP contribution in [0.4, 0.5) is 0 Å². The summed E-state index contributed by atoms with van der Waals surface area (Å²) in [7, 11) is 0. The largest absolute Gasteiger partial charge is 0.466 e. The molecule has 0 bridgehead atoms. The Bertz CT molecular complexity index is 1980. The molecule has 8 heteroatoms. The van der Waals surface area contributed by atoms with E-state index in [4.69, 9.17) is 18.9 Å². The van der Waals surface area contributed by atoms with E-state index in [1.165, 1.54) is 385 Å². The molecule has 702 valence electrons. The average molecular weight is 1660 g/mol. The summed E-state index contributed by atoms with van der Waals surface area (Å²) in [5, 5.41) is 0. The number of hydrogen-bond donors (Lipinski definition) is 0. The maximum absolute atomic E-state index is 12.2. The minimum Gasteiger partial charge on any atom is -0.466 e. The molecule has 5 atom stereocenters. The molecule has 0 aromatic heterocycles. The summed E-state index contributed by atoms with van der Waals surface area (Å²) < 4.78 is 22.5. The van der Waals surface area contributed by atoms with E-state index < -0.39 is 0 Å². The molecule has 0 aromatic carbocycles. The number of unbranched alkanes of at least 4 members (excludes halogenated alkanes) is 48. The maximum atomic E-state index is 12.2. The van der Waals surface area contributed by atoms with Gasteiger partial charge >= 0.3 is 23.9 Å². The SMILES string of the molecule is CCCCCCCCCCCCCCCC(=O)OC(C)(C)CCCC(C)CC.CCCCCCCCCCCCCCCC(=O)OC(C)(CC)CCCC(C)C.CCCCCCCCCCCCCCCC(=O)OCCC(C)CCCC(C)C.CCCCCCCCCCCCCCCC(=O)OCCC(C)CCCC(C)CCCC(C)C. The molecule has 0 aliphatic heterocycles. The molecule has 117 heavy (non-hydrogen) atoms. The average Bonchev–Trinajstić information content (AvgIpc) is 0.897. The third-order valence-electron chi connectivity index (χ3n) is 25.2. The second-order valence-electron chi connectivity index (χ2n) is 40.1. The van der Waals surface area contributed by atoms with Crippen molar-refractivity contribution in [3.63, 3.8) is 0 Å². The monoisotopic (exact) mass is 1660 g/mol. The summed E-state index contributed by atoms with van der Waals surface area (Å²) in [5.74, 6) is 5.36. The molecule has 0 aliphatic rings. The molecule has 0 aromatic rings. The smallest absolute Gasteiger partial charge is 0.306 e. The van der Waals surface area contributed by atoms with Gasteiger partial charge in [0, 0.05) is 25.7 Å². The van der Waals surface area contributed by atoms with Gasteiger partial charge in [0.15, 0.2) is 0 Å². The van der Waals surface area contributed by atoms with E-state index in [-0.39, 0.29) is 35.1 Å². The molecule has 0 rings (SSSR count). The summed E-state index contributed by atoms with van der Waals surface area (Å²) in [6.45, 7) is 43.9. The van der Waals surface area contributed by atoms with E-state index in [0.29, 0.717) is 50.7 Å². The zero-order valence-electron chi connectivity index (χ0n) is 83.8.